The quantitative estimate of drug-likeness (QED) is 0.0633. The largest absolute Gasteiger partial charge is 0.0776 e. The summed E-state index contributed by atoms with van der Waals surface area (Å²) in [7, 11) is 0. The van der Waals surface area contributed by atoms with Gasteiger partial charge in [-0.2, -0.15) is 0 Å². The van der Waals surface area contributed by atoms with Crippen LogP contribution in [0.15, 0.2) is 0 Å². The maximum atomic E-state index is 2.40. The summed E-state index contributed by atoms with van der Waals surface area (Å²) in [6, 6.07) is 0. The van der Waals surface area contributed by atoms with E-state index in [2.05, 4.69) is 55.4 Å². The topological polar surface area (TPSA) is 0 Å². The molecule has 0 nitrogen and oxygen atoms in total. The third kappa shape index (κ3) is 56.3. The molecule has 0 aromatic carbocycles. The minimum absolute atomic E-state index is 0. The van der Waals surface area contributed by atoms with Crippen molar-refractivity contribution in [3.8, 4) is 0 Å². The summed E-state index contributed by atoms with van der Waals surface area (Å²) in [6.07, 6.45) is 47.7. The van der Waals surface area contributed by atoms with Crippen LogP contribution in [0.4, 0.5) is 0 Å². The van der Waals surface area contributed by atoms with Crippen LogP contribution < -0.4 is 0 Å². The monoisotopic (exact) mass is 655 g/mol. The third-order valence-corrected chi connectivity index (χ3v) is 9.65. The molecular weight excluding hydrogens is 553 g/mol. The van der Waals surface area contributed by atoms with E-state index in [1.54, 1.807) is 0 Å². The molecule has 0 heteroatoms. The van der Waals surface area contributed by atoms with E-state index >= 15 is 0 Å². The van der Waals surface area contributed by atoms with Gasteiger partial charge in [-0.05, 0) is 18.3 Å². The second kappa shape index (κ2) is 57.3. The number of unbranched alkanes of at least 4 members (excludes halogenated alkanes) is 24. The lowest BCUT2D eigenvalue weighted by molar-refractivity contribution is 0.312. The lowest BCUT2D eigenvalue weighted by atomic mass is 9.85. The van der Waals surface area contributed by atoms with Gasteiger partial charge in [0.1, 0.15) is 0 Å². The van der Waals surface area contributed by atoms with Gasteiger partial charge >= 0.3 is 0 Å². The summed E-state index contributed by atoms with van der Waals surface area (Å²) in [5.41, 5.74) is 0. The van der Waals surface area contributed by atoms with E-state index < -0.39 is 0 Å². The molecule has 2 unspecified atom stereocenters. The van der Waals surface area contributed by atoms with Gasteiger partial charge in [0, 0.05) is 0 Å². The Labute approximate surface area is 299 Å². The predicted octanol–water partition coefficient (Wildman–Crippen LogP) is 18.9. The Morgan fingerprint density at radius 1 is 0.261 bits per heavy atom. The maximum absolute atomic E-state index is 2.40. The summed E-state index contributed by atoms with van der Waals surface area (Å²) in [5, 5.41) is 0. The second-order valence-corrected chi connectivity index (χ2v) is 14.1. The molecule has 0 rings (SSSR count). The van der Waals surface area contributed by atoms with Crippen LogP contribution in [0, 0.1) is 11.8 Å². The highest BCUT2D eigenvalue weighted by molar-refractivity contribution is 4.65. The van der Waals surface area contributed by atoms with Gasteiger partial charge in [0.05, 0.1) is 0 Å². The van der Waals surface area contributed by atoms with Crippen LogP contribution in [0.25, 0.3) is 0 Å². The highest BCUT2D eigenvalue weighted by atomic mass is 14.2. The molecule has 286 valence electrons. The van der Waals surface area contributed by atoms with Crippen LogP contribution in [0.5, 0.6) is 0 Å². The summed E-state index contributed by atoms with van der Waals surface area (Å²) in [4.78, 5) is 0. The van der Waals surface area contributed by atoms with Crippen LogP contribution in [0.1, 0.15) is 289 Å². The van der Waals surface area contributed by atoms with Crippen molar-refractivity contribution in [1.82, 2.24) is 0 Å². The van der Waals surface area contributed by atoms with Gasteiger partial charge in [0.25, 0.3) is 0 Å². The first-order valence-corrected chi connectivity index (χ1v) is 22.1. The van der Waals surface area contributed by atoms with Crippen molar-refractivity contribution in [3.63, 3.8) is 0 Å². The van der Waals surface area contributed by atoms with E-state index in [-0.39, 0.29) is 7.43 Å². The normalized spacial score (nSPS) is 11.6. The summed E-state index contributed by atoms with van der Waals surface area (Å²) in [5.74, 6) is 2.00. The standard InChI is InChI=1S/C21H44.C16H34.C6H14.C2H6.CH4/c1-5-9-10-11-12-13-14-15-16-18-21(8-4)19-20(7-3)17-6-2;1-3-5-7-9-11-13-15-16-14-12-10-8-6-4-2;1-3-5-6-4-2;1-2;/h20-21H,5-19H2,1-4H3;3-16H2,1-2H3;3-6H2,1-2H3;1-2H3;1H4. The lowest BCUT2D eigenvalue weighted by Crippen LogP contribution is -2.08. The van der Waals surface area contributed by atoms with Gasteiger partial charge in [-0.1, -0.05) is 282 Å². The number of rotatable bonds is 32. The molecular formula is C46H102. The number of hydrogen-bond acceptors (Lipinski definition) is 0. The Hall–Kier alpha value is 0. The fourth-order valence-electron chi connectivity index (χ4n) is 6.37. The SMILES string of the molecule is C.CC.CCCCCC.CCCCCCCCCCCC(CC)CC(CC)CCC.CCCCCCCCCCCCCCCC. The van der Waals surface area contributed by atoms with E-state index in [1.807, 2.05) is 13.8 Å². The molecule has 0 aliphatic rings. The molecule has 0 aromatic heterocycles. The van der Waals surface area contributed by atoms with E-state index in [9.17, 15) is 0 Å². The highest BCUT2D eigenvalue weighted by Crippen LogP contribution is 2.27. The van der Waals surface area contributed by atoms with Crippen LogP contribution in [-0.2, 0) is 0 Å². The van der Waals surface area contributed by atoms with Crippen LogP contribution in [0.3, 0.4) is 0 Å². The lowest BCUT2D eigenvalue weighted by Gasteiger charge is -2.21. The van der Waals surface area contributed by atoms with Crippen molar-refractivity contribution in [2.75, 3.05) is 0 Å². The third-order valence-electron chi connectivity index (χ3n) is 9.65. The van der Waals surface area contributed by atoms with Crippen molar-refractivity contribution in [2.24, 2.45) is 11.8 Å². The van der Waals surface area contributed by atoms with Gasteiger partial charge in [-0.15, -0.1) is 0 Å². The smallest absolute Gasteiger partial charge is 0.0414 e. The van der Waals surface area contributed by atoms with E-state index in [0.29, 0.717) is 0 Å². The van der Waals surface area contributed by atoms with Crippen LogP contribution in [0.2, 0.25) is 0 Å². The van der Waals surface area contributed by atoms with Crippen LogP contribution in [-0.4, -0.2) is 0 Å². The van der Waals surface area contributed by atoms with Crippen molar-refractivity contribution in [2.45, 2.75) is 289 Å². The molecule has 0 fully saturated rings. The molecule has 0 aliphatic carbocycles. The zero-order valence-corrected chi connectivity index (χ0v) is 34.5. The summed E-state index contributed by atoms with van der Waals surface area (Å²) in [6.45, 7) is 22.5. The van der Waals surface area contributed by atoms with Gasteiger partial charge in [0.2, 0.25) is 0 Å². The first kappa shape index (κ1) is 55.4. The Morgan fingerprint density at radius 3 is 0.717 bits per heavy atom. The summed E-state index contributed by atoms with van der Waals surface area (Å²) >= 11 is 0. The van der Waals surface area contributed by atoms with Gasteiger partial charge in [-0.25, -0.2) is 0 Å². The molecule has 0 N–H and O–H groups in total. The fraction of sp³-hybridized carbons (Fsp3) is 1.00. The molecule has 0 bridgehead atoms. The molecule has 0 aromatic rings. The van der Waals surface area contributed by atoms with Crippen molar-refractivity contribution < 1.29 is 0 Å². The molecule has 46 heavy (non-hydrogen) atoms. The minimum atomic E-state index is 0. The zero-order valence-electron chi connectivity index (χ0n) is 34.5. The predicted molar refractivity (Wildman–Crippen MR) is 223 cm³/mol. The maximum Gasteiger partial charge on any atom is -0.0414 e. The van der Waals surface area contributed by atoms with Crippen molar-refractivity contribution >= 4 is 0 Å². The zero-order chi connectivity index (χ0) is 34.5. The Morgan fingerprint density at radius 2 is 0.478 bits per heavy atom. The van der Waals surface area contributed by atoms with E-state index in [1.165, 1.54) is 212 Å². The van der Waals surface area contributed by atoms with Crippen LogP contribution >= 0.6 is 0 Å². The molecule has 0 spiro atoms. The Balaban J connectivity index is -0.000000198. The average molecular weight is 655 g/mol. The van der Waals surface area contributed by atoms with Gasteiger partial charge in [0.15, 0.2) is 0 Å². The molecule has 2 atom stereocenters. The highest BCUT2D eigenvalue weighted by Gasteiger charge is 2.13. The first-order chi connectivity index (χ1) is 22.1. The molecule has 0 radical (unpaired) electrons. The molecule has 0 heterocycles. The minimum Gasteiger partial charge on any atom is -0.0776 e. The molecule has 0 saturated heterocycles. The van der Waals surface area contributed by atoms with Crippen molar-refractivity contribution in [1.29, 1.82) is 0 Å². The van der Waals surface area contributed by atoms with E-state index in [0.717, 1.165) is 11.8 Å². The van der Waals surface area contributed by atoms with Gasteiger partial charge < -0.3 is 0 Å². The number of hydrogen-bond donors (Lipinski definition) is 0. The average Bonchev–Trinajstić information content (AvgIpc) is 3.07. The molecule has 0 saturated carbocycles. The summed E-state index contributed by atoms with van der Waals surface area (Å²) < 4.78 is 0. The second-order valence-electron chi connectivity index (χ2n) is 14.1. The van der Waals surface area contributed by atoms with Crippen molar-refractivity contribution in [3.05, 3.63) is 0 Å². The van der Waals surface area contributed by atoms with Gasteiger partial charge in [-0.3, -0.25) is 0 Å². The first-order valence-electron chi connectivity index (χ1n) is 22.1. The van der Waals surface area contributed by atoms with E-state index in [4.69, 9.17) is 0 Å². The molecule has 0 aliphatic heterocycles. The Bertz CT molecular complexity index is 394. The fourth-order valence-corrected chi connectivity index (χ4v) is 6.37. The Kier molecular flexibility index (Phi) is 69.0. The molecule has 0 amide bonds.